The highest BCUT2D eigenvalue weighted by molar-refractivity contribution is 4.45. The van der Waals surface area contributed by atoms with Crippen LogP contribution < -0.4 is 11.5 Å². The van der Waals surface area contributed by atoms with Crippen LogP contribution in [-0.4, -0.2) is 18.7 Å². The lowest BCUT2D eigenvalue weighted by Gasteiger charge is -2.20. The molecule has 0 aromatic heterocycles. The van der Waals surface area contributed by atoms with E-state index in [1.807, 2.05) is 6.92 Å². The van der Waals surface area contributed by atoms with Crippen molar-refractivity contribution >= 4 is 0 Å². The number of rotatable bonds is 5. The fourth-order valence-electron chi connectivity index (χ4n) is 0.703. The Morgan fingerprint density at radius 1 is 1.09 bits per heavy atom. The molecule has 11 heavy (non-hydrogen) atoms. The van der Waals surface area contributed by atoms with E-state index >= 15 is 0 Å². The molecule has 0 rings (SSSR count). The standard InChI is InChI=1S/C7H18N2O2/c1-4-7(10-5(2)8)11-6(3)9/h5-7H,4,8-9H2,1-3H3. The van der Waals surface area contributed by atoms with Crippen LogP contribution in [0.5, 0.6) is 0 Å². The normalized spacial score (nSPS) is 19.4. The summed E-state index contributed by atoms with van der Waals surface area (Å²) in [4.78, 5) is 0. The van der Waals surface area contributed by atoms with Crippen LogP contribution in [0.2, 0.25) is 0 Å². The van der Waals surface area contributed by atoms with E-state index in [4.69, 9.17) is 20.9 Å². The second-order valence-electron chi connectivity index (χ2n) is 2.52. The Hall–Kier alpha value is -0.160. The van der Waals surface area contributed by atoms with Gasteiger partial charge in [0.05, 0.1) is 0 Å². The van der Waals surface area contributed by atoms with Crippen molar-refractivity contribution in [3.8, 4) is 0 Å². The molecule has 0 heterocycles. The molecule has 0 amide bonds. The fourth-order valence-corrected chi connectivity index (χ4v) is 0.703. The van der Waals surface area contributed by atoms with Gasteiger partial charge in [0.15, 0.2) is 6.29 Å². The molecular formula is C7H18N2O2. The van der Waals surface area contributed by atoms with Gasteiger partial charge in [-0.25, -0.2) is 0 Å². The van der Waals surface area contributed by atoms with Gasteiger partial charge < -0.3 is 20.9 Å². The van der Waals surface area contributed by atoms with Gasteiger partial charge in [-0.1, -0.05) is 6.92 Å². The zero-order valence-electron chi connectivity index (χ0n) is 7.41. The summed E-state index contributed by atoms with van der Waals surface area (Å²) in [5.41, 5.74) is 10.8. The fraction of sp³-hybridized carbons (Fsp3) is 1.00. The topological polar surface area (TPSA) is 70.5 Å². The molecule has 0 aromatic carbocycles. The smallest absolute Gasteiger partial charge is 0.161 e. The van der Waals surface area contributed by atoms with Crippen molar-refractivity contribution in [1.82, 2.24) is 0 Å². The third-order valence-corrected chi connectivity index (χ3v) is 1.07. The SMILES string of the molecule is CCC(OC(C)N)OC(C)N. The number of nitrogens with two attached hydrogens (primary N) is 2. The summed E-state index contributed by atoms with van der Waals surface area (Å²) in [7, 11) is 0. The molecule has 0 saturated heterocycles. The highest BCUT2D eigenvalue weighted by Crippen LogP contribution is 2.02. The maximum Gasteiger partial charge on any atom is 0.161 e. The predicted octanol–water partition coefficient (Wildman–Crippen LogP) is 0.365. The first kappa shape index (κ1) is 10.8. The van der Waals surface area contributed by atoms with Crippen LogP contribution in [0, 0.1) is 0 Å². The molecule has 2 unspecified atom stereocenters. The van der Waals surface area contributed by atoms with Crippen LogP contribution in [0.1, 0.15) is 27.2 Å². The molecule has 68 valence electrons. The average Bonchev–Trinajstić information content (AvgIpc) is 1.84. The van der Waals surface area contributed by atoms with Crippen LogP contribution in [0.4, 0.5) is 0 Å². The first-order valence-corrected chi connectivity index (χ1v) is 3.88. The summed E-state index contributed by atoms with van der Waals surface area (Å²) >= 11 is 0. The largest absolute Gasteiger partial charge is 0.335 e. The van der Waals surface area contributed by atoms with Crippen molar-refractivity contribution in [2.75, 3.05) is 0 Å². The summed E-state index contributed by atoms with van der Waals surface area (Å²) in [6, 6.07) is 0. The lowest BCUT2D eigenvalue weighted by molar-refractivity contribution is -0.186. The molecule has 0 aliphatic carbocycles. The Labute approximate surface area is 67.8 Å². The van der Waals surface area contributed by atoms with Crippen LogP contribution in [0.15, 0.2) is 0 Å². The van der Waals surface area contributed by atoms with Gasteiger partial charge in [-0.15, -0.1) is 0 Å². The number of hydrogen-bond acceptors (Lipinski definition) is 4. The molecule has 0 aromatic rings. The van der Waals surface area contributed by atoms with Crippen molar-refractivity contribution in [3.63, 3.8) is 0 Å². The van der Waals surface area contributed by atoms with Gasteiger partial charge in [-0.2, -0.15) is 0 Å². The quantitative estimate of drug-likeness (QED) is 0.573. The zero-order chi connectivity index (χ0) is 8.85. The lowest BCUT2D eigenvalue weighted by atomic mass is 10.4. The van der Waals surface area contributed by atoms with E-state index in [1.165, 1.54) is 0 Å². The maximum absolute atomic E-state index is 5.40. The van der Waals surface area contributed by atoms with Crippen LogP contribution in [0.25, 0.3) is 0 Å². The monoisotopic (exact) mass is 162 g/mol. The summed E-state index contributed by atoms with van der Waals surface area (Å²) in [5.74, 6) is 0. The van der Waals surface area contributed by atoms with Gasteiger partial charge in [-0.3, -0.25) is 0 Å². The lowest BCUT2D eigenvalue weighted by Crippen LogP contribution is -2.33. The van der Waals surface area contributed by atoms with Gasteiger partial charge >= 0.3 is 0 Å². The highest BCUT2D eigenvalue weighted by atomic mass is 16.7. The van der Waals surface area contributed by atoms with Crippen molar-refractivity contribution in [2.45, 2.75) is 45.9 Å². The second kappa shape index (κ2) is 5.49. The predicted molar refractivity (Wildman–Crippen MR) is 43.5 cm³/mol. The van der Waals surface area contributed by atoms with Crippen LogP contribution in [-0.2, 0) is 9.47 Å². The minimum absolute atomic E-state index is 0.282. The summed E-state index contributed by atoms with van der Waals surface area (Å²) in [6.45, 7) is 5.47. The van der Waals surface area contributed by atoms with Gasteiger partial charge in [0.25, 0.3) is 0 Å². The van der Waals surface area contributed by atoms with E-state index in [-0.39, 0.29) is 18.7 Å². The molecule has 4 N–H and O–H groups in total. The van der Waals surface area contributed by atoms with Crippen LogP contribution in [0.3, 0.4) is 0 Å². The molecule has 0 bridgehead atoms. The Morgan fingerprint density at radius 3 is 1.64 bits per heavy atom. The van der Waals surface area contributed by atoms with Gasteiger partial charge in [0.2, 0.25) is 0 Å². The molecule has 0 saturated carbocycles. The van der Waals surface area contributed by atoms with E-state index in [9.17, 15) is 0 Å². The van der Waals surface area contributed by atoms with E-state index < -0.39 is 0 Å². The summed E-state index contributed by atoms with van der Waals surface area (Å²) < 4.78 is 10.4. The van der Waals surface area contributed by atoms with Crippen LogP contribution >= 0.6 is 0 Å². The molecule has 0 fully saturated rings. The molecular weight excluding hydrogens is 144 g/mol. The summed E-state index contributed by atoms with van der Waals surface area (Å²) in [6.07, 6.45) is -0.143. The molecule has 2 atom stereocenters. The molecule has 0 aliphatic rings. The summed E-state index contributed by atoms with van der Waals surface area (Å²) in [5, 5.41) is 0. The first-order valence-electron chi connectivity index (χ1n) is 3.88. The first-order chi connectivity index (χ1) is 5.06. The number of hydrogen-bond donors (Lipinski definition) is 2. The molecule has 4 nitrogen and oxygen atoms in total. The van der Waals surface area contributed by atoms with Gasteiger partial charge in [0.1, 0.15) is 12.5 Å². The Kier molecular flexibility index (Phi) is 5.41. The van der Waals surface area contributed by atoms with E-state index in [0.29, 0.717) is 0 Å². The molecule has 0 spiro atoms. The zero-order valence-corrected chi connectivity index (χ0v) is 7.41. The molecule has 0 aliphatic heterocycles. The van der Waals surface area contributed by atoms with Gasteiger partial charge in [0, 0.05) is 0 Å². The van der Waals surface area contributed by atoms with Crippen molar-refractivity contribution < 1.29 is 9.47 Å². The average molecular weight is 162 g/mol. The third-order valence-electron chi connectivity index (χ3n) is 1.07. The Bertz CT molecular complexity index is 86.4. The van der Waals surface area contributed by atoms with Crippen molar-refractivity contribution in [2.24, 2.45) is 11.5 Å². The van der Waals surface area contributed by atoms with E-state index in [0.717, 1.165) is 6.42 Å². The molecule has 4 heteroatoms. The number of ether oxygens (including phenoxy) is 2. The maximum atomic E-state index is 5.40. The Balaban J connectivity index is 3.58. The minimum Gasteiger partial charge on any atom is -0.335 e. The Morgan fingerprint density at radius 2 is 1.45 bits per heavy atom. The molecule has 0 radical (unpaired) electrons. The van der Waals surface area contributed by atoms with Crippen molar-refractivity contribution in [1.29, 1.82) is 0 Å². The van der Waals surface area contributed by atoms with Crippen molar-refractivity contribution in [3.05, 3.63) is 0 Å². The highest BCUT2D eigenvalue weighted by Gasteiger charge is 2.10. The second-order valence-corrected chi connectivity index (χ2v) is 2.52. The minimum atomic E-state index is -0.307. The van der Waals surface area contributed by atoms with Gasteiger partial charge in [-0.05, 0) is 20.3 Å². The van der Waals surface area contributed by atoms with E-state index in [2.05, 4.69) is 0 Å². The third kappa shape index (κ3) is 6.25. The van der Waals surface area contributed by atoms with E-state index in [1.54, 1.807) is 13.8 Å².